The Hall–Kier alpha value is -0.990. The third-order valence-corrected chi connectivity index (χ3v) is 2.67. The highest BCUT2D eigenvalue weighted by Crippen LogP contribution is 2.31. The summed E-state index contributed by atoms with van der Waals surface area (Å²) in [7, 11) is 1.97. The Morgan fingerprint density at radius 3 is 2.92 bits per heavy atom. The molecular weight excluding hydrogens is 162 g/mol. The average molecular weight is 179 g/mol. The maximum atomic E-state index is 4.33. The van der Waals surface area contributed by atoms with Crippen LogP contribution in [0.2, 0.25) is 0 Å². The number of hydrogen-bond acceptors (Lipinski definition) is 2. The van der Waals surface area contributed by atoms with E-state index >= 15 is 0 Å². The molecule has 0 radical (unpaired) electrons. The summed E-state index contributed by atoms with van der Waals surface area (Å²) in [4.78, 5) is 0. The fourth-order valence-corrected chi connectivity index (χ4v) is 1.46. The zero-order valence-corrected chi connectivity index (χ0v) is 8.38. The van der Waals surface area contributed by atoms with Crippen LogP contribution in [-0.2, 0) is 7.05 Å². The van der Waals surface area contributed by atoms with E-state index in [1.54, 1.807) is 0 Å². The van der Waals surface area contributed by atoms with E-state index in [4.69, 9.17) is 0 Å². The van der Waals surface area contributed by atoms with Gasteiger partial charge in [-0.05, 0) is 19.3 Å². The van der Waals surface area contributed by atoms with Gasteiger partial charge in [0.25, 0.3) is 0 Å². The molecule has 3 heteroatoms. The molecular formula is C10H17N3. The van der Waals surface area contributed by atoms with Crippen molar-refractivity contribution in [2.75, 3.05) is 11.9 Å². The normalized spacial score (nSPS) is 16.2. The van der Waals surface area contributed by atoms with Gasteiger partial charge in [0.15, 0.2) is 0 Å². The van der Waals surface area contributed by atoms with Crippen LogP contribution in [0.4, 0.5) is 5.82 Å². The third kappa shape index (κ3) is 2.23. The molecule has 0 unspecified atom stereocenters. The smallest absolute Gasteiger partial charge is 0.148 e. The second-order valence-corrected chi connectivity index (χ2v) is 3.95. The molecule has 0 atom stereocenters. The van der Waals surface area contributed by atoms with Gasteiger partial charge >= 0.3 is 0 Å². The molecule has 1 aliphatic carbocycles. The summed E-state index contributed by atoms with van der Waals surface area (Å²) in [5, 5.41) is 7.68. The van der Waals surface area contributed by atoms with Crippen molar-refractivity contribution in [3.63, 3.8) is 0 Å². The van der Waals surface area contributed by atoms with Crippen LogP contribution in [0.25, 0.3) is 0 Å². The highest BCUT2D eigenvalue weighted by Gasteiger charge is 2.20. The molecule has 1 aromatic rings. The van der Waals surface area contributed by atoms with Crippen LogP contribution in [0.1, 0.15) is 25.0 Å². The Balaban J connectivity index is 1.79. The number of rotatable bonds is 4. The third-order valence-electron chi connectivity index (χ3n) is 2.67. The second-order valence-electron chi connectivity index (χ2n) is 3.95. The van der Waals surface area contributed by atoms with Crippen molar-refractivity contribution in [3.05, 3.63) is 11.8 Å². The SMILES string of the molecule is Cc1cc(NCCC2CC2)nn1C. The maximum absolute atomic E-state index is 4.33. The summed E-state index contributed by atoms with van der Waals surface area (Å²) >= 11 is 0. The highest BCUT2D eigenvalue weighted by molar-refractivity contribution is 5.35. The van der Waals surface area contributed by atoms with Crippen molar-refractivity contribution in [1.82, 2.24) is 9.78 Å². The van der Waals surface area contributed by atoms with E-state index < -0.39 is 0 Å². The van der Waals surface area contributed by atoms with Crippen molar-refractivity contribution in [3.8, 4) is 0 Å². The fourth-order valence-electron chi connectivity index (χ4n) is 1.46. The minimum atomic E-state index is 0.998. The number of aromatic nitrogens is 2. The van der Waals surface area contributed by atoms with Crippen LogP contribution in [-0.4, -0.2) is 16.3 Å². The lowest BCUT2D eigenvalue weighted by molar-refractivity contribution is 0.730. The lowest BCUT2D eigenvalue weighted by Crippen LogP contribution is -2.03. The number of anilines is 1. The summed E-state index contributed by atoms with van der Waals surface area (Å²) in [6.45, 7) is 3.14. The van der Waals surface area contributed by atoms with E-state index in [0.29, 0.717) is 0 Å². The molecule has 1 aromatic heterocycles. The number of nitrogens with one attached hydrogen (secondary N) is 1. The molecule has 0 bridgehead atoms. The van der Waals surface area contributed by atoms with Gasteiger partial charge in [0.2, 0.25) is 0 Å². The van der Waals surface area contributed by atoms with Crippen LogP contribution in [0.15, 0.2) is 6.07 Å². The Labute approximate surface area is 79.1 Å². The van der Waals surface area contributed by atoms with E-state index in [1.807, 2.05) is 11.7 Å². The molecule has 1 N–H and O–H groups in total. The Bertz CT molecular complexity index is 267. The van der Waals surface area contributed by atoms with Gasteiger partial charge in [-0.15, -0.1) is 0 Å². The van der Waals surface area contributed by atoms with Crippen molar-refractivity contribution >= 4 is 5.82 Å². The monoisotopic (exact) mass is 179 g/mol. The Morgan fingerprint density at radius 2 is 2.38 bits per heavy atom. The number of aryl methyl sites for hydroxylation is 2. The van der Waals surface area contributed by atoms with Crippen LogP contribution in [0.5, 0.6) is 0 Å². The molecule has 1 heterocycles. The largest absolute Gasteiger partial charge is 0.369 e. The van der Waals surface area contributed by atoms with Gasteiger partial charge in [-0.3, -0.25) is 4.68 Å². The predicted molar refractivity (Wildman–Crippen MR) is 53.8 cm³/mol. The number of hydrogen-bond donors (Lipinski definition) is 1. The molecule has 1 fully saturated rings. The fraction of sp³-hybridized carbons (Fsp3) is 0.700. The van der Waals surface area contributed by atoms with Crippen molar-refractivity contribution in [2.24, 2.45) is 13.0 Å². The number of nitrogens with zero attached hydrogens (tertiary/aromatic N) is 2. The summed E-state index contributed by atoms with van der Waals surface area (Å²) in [5.74, 6) is 2.01. The highest BCUT2D eigenvalue weighted by atomic mass is 15.3. The molecule has 1 saturated carbocycles. The molecule has 3 nitrogen and oxygen atoms in total. The molecule has 0 saturated heterocycles. The van der Waals surface area contributed by atoms with E-state index in [0.717, 1.165) is 18.3 Å². The molecule has 1 aliphatic rings. The molecule has 13 heavy (non-hydrogen) atoms. The molecule has 0 aromatic carbocycles. The molecule has 0 aliphatic heterocycles. The van der Waals surface area contributed by atoms with Gasteiger partial charge in [-0.1, -0.05) is 12.8 Å². The van der Waals surface area contributed by atoms with Gasteiger partial charge in [0.1, 0.15) is 5.82 Å². The molecule has 0 spiro atoms. The van der Waals surface area contributed by atoms with Crippen molar-refractivity contribution in [1.29, 1.82) is 0 Å². The minimum Gasteiger partial charge on any atom is -0.369 e. The zero-order valence-electron chi connectivity index (χ0n) is 8.38. The first-order valence-electron chi connectivity index (χ1n) is 5.00. The minimum absolute atomic E-state index is 0.998. The quantitative estimate of drug-likeness (QED) is 0.765. The lowest BCUT2D eigenvalue weighted by atomic mass is 10.3. The van der Waals surface area contributed by atoms with Crippen LogP contribution in [0.3, 0.4) is 0 Å². The molecule has 72 valence electrons. The van der Waals surface area contributed by atoms with E-state index in [1.165, 1.54) is 25.0 Å². The first-order chi connectivity index (χ1) is 6.25. The standard InChI is InChI=1S/C10H17N3/c1-8-7-10(12-13(8)2)11-6-5-9-3-4-9/h7,9H,3-6H2,1-2H3,(H,11,12). The molecule has 0 amide bonds. The topological polar surface area (TPSA) is 29.9 Å². The van der Waals surface area contributed by atoms with Crippen molar-refractivity contribution < 1.29 is 0 Å². The summed E-state index contributed by atoms with van der Waals surface area (Å²) < 4.78 is 1.90. The van der Waals surface area contributed by atoms with E-state index in [9.17, 15) is 0 Å². The van der Waals surface area contributed by atoms with Crippen molar-refractivity contribution in [2.45, 2.75) is 26.2 Å². The predicted octanol–water partition coefficient (Wildman–Crippen LogP) is 1.94. The Kier molecular flexibility index (Phi) is 2.25. The first-order valence-corrected chi connectivity index (χ1v) is 5.00. The molecule has 2 rings (SSSR count). The Morgan fingerprint density at radius 1 is 1.62 bits per heavy atom. The van der Waals surface area contributed by atoms with Crippen LogP contribution in [0, 0.1) is 12.8 Å². The zero-order chi connectivity index (χ0) is 9.26. The van der Waals surface area contributed by atoms with E-state index in [-0.39, 0.29) is 0 Å². The summed E-state index contributed by atoms with van der Waals surface area (Å²) in [6, 6.07) is 2.09. The lowest BCUT2D eigenvalue weighted by Gasteiger charge is -2.00. The maximum Gasteiger partial charge on any atom is 0.148 e. The first kappa shape index (κ1) is 8.60. The summed E-state index contributed by atoms with van der Waals surface area (Å²) in [6.07, 6.45) is 4.17. The van der Waals surface area contributed by atoms with Gasteiger partial charge in [0, 0.05) is 25.4 Å². The van der Waals surface area contributed by atoms with Gasteiger partial charge < -0.3 is 5.32 Å². The average Bonchev–Trinajstić information content (AvgIpc) is 2.82. The van der Waals surface area contributed by atoms with Gasteiger partial charge in [0.05, 0.1) is 0 Å². The van der Waals surface area contributed by atoms with Crippen LogP contribution >= 0.6 is 0 Å². The van der Waals surface area contributed by atoms with E-state index in [2.05, 4.69) is 23.4 Å². The van der Waals surface area contributed by atoms with Crippen LogP contribution < -0.4 is 5.32 Å². The van der Waals surface area contributed by atoms with Gasteiger partial charge in [-0.2, -0.15) is 5.10 Å². The second kappa shape index (κ2) is 3.40. The van der Waals surface area contributed by atoms with Gasteiger partial charge in [-0.25, -0.2) is 0 Å². The summed E-state index contributed by atoms with van der Waals surface area (Å²) in [5.41, 5.74) is 1.20.